The van der Waals surface area contributed by atoms with E-state index in [1.54, 1.807) is 0 Å². The number of nitrogens with zero attached hydrogens (tertiary/aromatic N) is 2. The quantitative estimate of drug-likeness (QED) is 0.850. The van der Waals surface area contributed by atoms with E-state index in [-0.39, 0.29) is 0 Å². The summed E-state index contributed by atoms with van der Waals surface area (Å²) in [6, 6.07) is 2.00. The summed E-state index contributed by atoms with van der Waals surface area (Å²) in [6.45, 7) is 4.99. The predicted molar refractivity (Wildman–Crippen MR) is 81.8 cm³/mol. The minimum absolute atomic E-state index is 0.449. The third kappa shape index (κ3) is 3.35. The van der Waals surface area contributed by atoms with Gasteiger partial charge in [-0.15, -0.1) is 0 Å². The van der Waals surface area contributed by atoms with Gasteiger partial charge < -0.3 is 10.5 Å². The van der Waals surface area contributed by atoms with Gasteiger partial charge in [0.15, 0.2) is 0 Å². The fourth-order valence-corrected chi connectivity index (χ4v) is 4.35. The van der Waals surface area contributed by atoms with Crippen LogP contribution in [-0.2, 0) is 4.74 Å². The molecule has 116 valence electrons. The van der Waals surface area contributed by atoms with Crippen LogP contribution in [0.15, 0.2) is 0 Å². The third-order valence-corrected chi connectivity index (χ3v) is 5.73. The Hall–Kier alpha value is -0.160. The first-order valence-electron chi connectivity index (χ1n) is 8.52. The van der Waals surface area contributed by atoms with Crippen molar-refractivity contribution in [3.8, 4) is 0 Å². The summed E-state index contributed by atoms with van der Waals surface area (Å²) in [4.78, 5) is 5.43. The number of methoxy groups -OCH3 is 1. The lowest BCUT2D eigenvalue weighted by atomic mass is 9.92. The molecule has 0 spiro atoms. The van der Waals surface area contributed by atoms with E-state index in [4.69, 9.17) is 10.5 Å². The van der Waals surface area contributed by atoms with Crippen LogP contribution in [0, 0.1) is 0 Å². The van der Waals surface area contributed by atoms with Crippen LogP contribution < -0.4 is 5.73 Å². The second-order valence-corrected chi connectivity index (χ2v) is 6.99. The highest BCUT2D eigenvalue weighted by Crippen LogP contribution is 2.29. The molecular weight excluding hydrogens is 250 g/mol. The van der Waals surface area contributed by atoms with Gasteiger partial charge in [0.25, 0.3) is 0 Å². The molecule has 3 unspecified atom stereocenters. The first-order valence-corrected chi connectivity index (χ1v) is 8.52. The lowest BCUT2D eigenvalue weighted by Gasteiger charge is -2.37. The van der Waals surface area contributed by atoms with Crippen molar-refractivity contribution in [1.29, 1.82) is 0 Å². The van der Waals surface area contributed by atoms with Crippen LogP contribution in [0.4, 0.5) is 0 Å². The maximum absolute atomic E-state index is 6.02. The number of piperidine rings is 1. The van der Waals surface area contributed by atoms with Crippen molar-refractivity contribution >= 4 is 0 Å². The Morgan fingerprint density at radius 3 is 2.40 bits per heavy atom. The topological polar surface area (TPSA) is 41.7 Å². The van der Waals surface area contributed by atoms with Crippen molar-refractivity contribution in [3.63, 3.8) is 0 Å². The fraction of sp³-hybridized carbons (Fsp3) is 1.00. The SMILES string of the molecule is COC1CCCC(N2CCC(N3CCC(N)CC3)C2)C1. The molecule has 20 heavy (non-hydrogen) atoms. The van der Waals surface area contributed by atoms with Crippen LogP contribution in [0.3, 0.4) is 0 Å². The number of likely N-dealkylation sites (tertiary alicyclic amines) is 2. The van der Waals surface area contributed by atoms with Crippen molar-refractivity contribution in [2.24, 2.45) is 5.73 Å². The standard InChI is InChI=1S/C16H31N3O/c1-20-16-4-2-3-14(11-16)19-10-7-15(12-19)18-8-5-13(17)6-9-18/h13-16H,2-12,17H2,1H3. The van der Waals surface area contributed by atoms with Crippen LogP contribution >= 0.6 is 0 Å². The molecular formula is C16H31N3O. The number of rotatable bonds is 3. The van der Waals surface area contributed by atoms with Gasteiger partial charge in [0.05, 0.1) is 6.10 Å². The highest BCUT2D eigenvalue weighted by Gasteiger charge is 2.34. The highest BCUT2D eigenvalue weighted by atomic mass is 16.5. The Morgan fingerprint density at radius 1 is 0.900 bits per heavy atom. The lowest BCUT2D eigenvalue weighted by Crippen LogP contribution is -2.47. The molecule has 0 radical (unpaired) electrons. The molecule has 0 aromatic carbocycles. The zero-order valence-corrected chi connectivity index (χ0v) is 13.0. The van der Waals surface area contributed by atoms with Crippen LogP contribution in [0.25, 0.3) is 0 Å². The summed E-state index contributed by atoms with van der Waals surface area (Å²) in [7, 11) is 1.87. The van der Waals surface area contributed by atoms with E-state index in [9.17, 15) is 0 Å². The molecule has 3 aliphatic rings. The molecule has 0 aromatic rings. The molecule has 0 amide bonds. The van der Waals surface area contributed by atoms with Gasteiger partial charge in [0, 0.05) is 38.3 Å². The van der Waals surface area contributed by atoms with Crippen molar-refractivity contribution in [2.75, 3.05) is 33.3 Å². The average Bonchev–Trinajstić information content (AvgIpc) is 2.98. The normalized spacial score (nSPS) is 38.4. The molecule has 2 aliphatic heterocycles. The predicted octanol–water partition coefficient (Wildman–Crippen LogP) is 1.44. The zero-order valence-electron chi connectivity index (χ0n) is 13.0. The molecule has 4 nitrogen and oxygen atoms in total. The molecule has 0 aromatic heterocycles. The van der Waals surface area contributed by atoms with Crippen LogP contribution in [0.5, 0.6) is 0 Å². The molecule has 2 heterocycles. The smallest absolute Gasteiger partial charge is 0.0586 e. The third-order valence-electron chi connectivity index (χ3n) is 5.73. The summed E-state index contributed by atoms with van der Waals surface area (Å²) in [5, 5.41) is 0. The van der Waals surface area contributed by atoms with Crippen LogP contribution in [0.2, 0.25) is 0 Å². The Bertz CT molecular complexity index is 304. The molecule has 3 fully saturated rings. The summed E-state index contributed by atoms with van der Waals surface area (Å²) in [5.74, 6) is 0. The van der Waals surface area contributed by atoms with Gasteiger partial charge in [-0.25, -0.2) is 0 Å². The average molecular weight is 281 g/mol. The van der Waals surface area contributed by atoms with E-state index >= 15 is 0 Å². The zero-order chi connectivity index (χ0) is 13.9. The van der Waals surface area contributed by atoms with E-state index in [0.717, 1.165) is 12.1 Å². The van der Waals surface area contributed by atoms with Crippen molar-refractivity contribution in [3.05, 3.63) is 0 Å². The number of ether oxygens (including phenoxy) is 1. The van der Waals surface area contributed by atoms with E-state index in [0.29, 0.717) is 12.1 Å². The van der Waals surface area contributed by atoms with Crippen LogP contribution in [-0.4, -0.2) is 67.3 Å². The molecule has 3 atom stereocenters. The molecule has 2 saturated heterocycles. The maximum Gasteiger partial charge on any atom is 0.0586 e. The number of hydrogen-bond donors (Lipinski definition) is 1. The molecule has 4 heteroatoms. The van der Waals surface area contributed by atoms with Crippen molar-refractivity contribution in [1.82, 2.24) is 9.80 Å². The maximum atomic E-state index is 6.02. The molecule has 1 saturated carbocycles. The summed E-state index contributed by atoms with van der Waals surface area (Å²) in [5.41, 5.74) is 6.02. The second kappa shape index (κ2) is 6.73. The highest BCUT2D eigenvalue weighted by molar-refractivity contribution is 4.91. The van der Waals surface area contributed by atoms with Gasteiger partial charge in [0.1, 0.15) is 0 Å². The summed E-state index contributed by atoms with van der Waals surface area (Å²) in [6.07, 6.45) is 9.43. The first kappa shape index (κ1) is 14.8. The monoisotopic (exact) mass is 281 g/mol. The Labute approximate surface area is 123 Å². The van der Waals surface area contributed by atoms with Crippen LogP contribution in [0.1, 0.15) is 44.9 Å². The minimum Gasteiger partial charge on any atom is -0.381 e. The Balaban J connectivity index is 1.49. The van der Waals surface area contributed by atoms with Gasteiger partial charge in [-0.3, -0.25) is 9.80 Å². The Kier molecular flexibility index (Phi) is 4.97. The number of nitrogens with two attached hydrogens (primary N) is 1. The van der Waals surface area contributed by atoms with E-state index < -0.39 is 0 Å². The number of hydrogen-bond acceptors (Lipinski definition) is 4. The van der Waals surface area contributed by atoms with E-state index in [1.165, 1.54) is 71.1 Å². The van der Waals surface area contributed by atoms with Gasteiger partial charge in [0.2, 0.25) is 0 Å². The van der Waals surface area contributed by atoms with Gasteiger partial charge in [-0.2, -0.15) is 0 Å². The summed E-state index contributed by atoms with van der Waals surface area (Å²) < 4.78 is 5.58. The summed E-state index contributed by atoms with van der Waals surface area (Å²) >= 11 is 0. The largest absolute Gasteiger partial charge is 0.381 e. The van der Waals surface area contributed by atoms with Gasteiger partial charge >= 0.3 is 0 Å². The fourth-order valence-electron chi connectivity index (χ4n) is 4.35. The molecule has 0 bridgehead atoms. The van der Waals surface area contributed by atoms with E-state index in [2.05, 4.69) is 9.80 Å². The van der Waals surface area contributed by atoms with E-state index in [1.807, 2.05) is 7.11 Å². The molecule has 3 rings (SSSR count). The molecule has 1 aliphatic carbocycles. The molecule has 2 N–H and O–H groups in total. The van der Waals surface area contributed by atoms with Gasteiger partial charge in [-0.1, -0.05) is 0 Å². The first-order chi connectivity index (χ1) is 9.76. The van der Waals surface area contributed by atoms with Gasteiger partial charge in [-0.05, 0) is 58.0 Å². The lowest BCUT2D eigenvalue weighted by molar-refractivity contribution is 0.0315. The van der Waals surface area contributed by atoms with Crippen molar-refractivity contribution in [2.45, 2.75) is 69.2 Å². The second-order valence-electron chi connectivity index (χ2n) is 6.99. The minimum atomic E-state index is 0.449. The Morgan fingerprint density at radius 2 is 1.65 bits per heavy atom. The van der Waals surface area contributed by atoms with Crippen molar-refractivity contribution < 1.29 is 4.74 Å².